The zero-order valence-corrected chi connectivity index (χ0v) is 25.8. The third-order valence-corrected chi connectivity index (χ3v) is 6.02. The molecule has 0 fully saturated rings. The van der Waals surface area contributed by atoms with E-state index in [0.717, 1.165) is 47.2 Å². The van der Waals surface area contributed by atoms with Crippen molar-refractivity contribution in [1.82, 2.24) is 9.78 Å². The number of aromatic nitrogens is 2. The summed E-state index contributed by atoms with van der Waals surface area (Å²) in [7, 11) is 0. The highest BCUT2D eigenvalue weighted by molar-refractivity contribution is 5.96. The van der Waals surface area contributed by atoms with Crippen molar-refractivity contribution in [3.05, 3.63) is 99.0 Å². The monoisotopic (exact) mass is 576 g/mol. The van der Waals surface area contributed by atoms with Crippen LogP contribution in [-0.2, 0) is 32.0 Å². The zero-order chi connectivity index (χ0) is 31.1. The van der Waals surface area contributed by atoms with Crippen LogP contribution < -0.4 is 5.56 Å². The number of ether oxygens (including phenoxy) is 2. The second kappa shape index (κ2) is 17.0. The molecule has 0 aliphatic carbocycles. The lowest BCUT2D eigenvalue weighted by Gasteiger charge is -2.19. The molecule has 0 saturated carbocycles. The highest BCUT2D eigenvalue weighted by atomic mass is 16.6. The lowest BCUT2D eigenvalue weighted by molar-refractivity contribution is -0.155. The van der Waals surface area contributed by atoms with Gasteiger partial charge in [0.2, 0.25) is 0 Å². The molecular formula is C34H44N2O6. The summed E-state index contributed by atoms with van der Waals surface area (Å²) in [5.41, 5.74) is 3.91. The number of unbranched alkanes of at least 4 members (excludes halogenated alkanes) is 2. The first-order chi connectivity index (χ1) is 19.9. The van der Waals surface area contributed by atoms with Crippen molar-refractivity contribution >= 4 is 17.7 Å². The summed E-state index contributed by atoms with van der Waals surface area (Å²) in [6.07, 6.45) is 3.66. The van der Waals surface area contributed by atoms with E-state index >= 15 is 0 Å². The number of ketones is 1. The van der Waals surface area contributed by atoms with Crippen molar-refractivity contribution in [2.75, 3.05) is 6.61 Å². The predicted octanol–water partition coefficient (Wildman–Crippen LogP) is 6.18. The maximum Gasteiger partial charge on any atom is 0.310 e. The van der Waals surface area contributed by atoms with Gasteiger partial charge in [0.05, 0.1) is 25.3 Å². The van der Waals surface area contributed by atoms with Crippen molar-refractivity contribution in [3.8, 4) is 0 Å². The van der Waals surface area contributed by atoms with Gasteiger partial charge >= 0.3 is 11.9 Å². The van der Waals surface area contributed by atoms with Crippen molar-refractivity contribution < 1.29 is 23.9 Å². The van der Waals surface area contributed by atoms with Crippen LogP contribution in [-0.4, -0.2) is 39.7 Å². The SMILES string of the molecule is CCOC(=O)Cc1cccc(Cn2nc(C)ccc2=O)c1.Cc1cccc(C(=O)CCCCCC(=O)OC(C)(C)C)c1. The van der Waals surface area contributed by atoms with E-state index in [1.54, 1.807) is 13.0 Å². The second-order valence-corrected chi connectivity index (χ2v) is 11.2. The van der Waals surface area contributed by atoms with Gasteiger partial charge in [-0.25, -0.2) is 4.68 Å². The molecule has 0 unspecified atom stereocenters. The molecule has 1 heterocycles. The van der Waals surface area contributed by atoms with Crippen LogP contribution in [0.15, 0.2) is 65.5 Å². The zero-order valence-electron chi connectivity index (χ0n) is 25.8. The van der Waals surface area contributed by atoms with Crippen LogP contribution in [0.5, 0.6) is 0 Å². The first kappa shape index (κ1) is 34.1. The minimum Gasteiger partial charge on any atom is -0.466 e. The van der Waals surface area contributed by atoms with E-state index in [0.29, 0.717) is 26.0 Å². The Morgan fingerprint density at radius 3 is 2.21 bits per heavy atom. The smallest absolute Gasteiger partial charge is 0.310 e. The molecule has 0 saturated heterocycles. The maximum atomic E-state index is 12.0. The largest absolute Gasteiger partial charge is 0.466 e. The molecule has 2 aromatic carbocycles. The van der Waals surface area contributed by atoms with Gasteiger partial charge in [0, 0.05) is 24.5 Å². The number of Topliss-reactive ketones (excluding diaryl/α,β-unsaturated/α-hetero) is 1. The molecule has 0 radical (unpaired) electrons. The van der Waals surface area contributed by atoms with Crippen molar-refractivity contribution in [3.63, 3.8) is 0 Å². The van der Waals surface area contributed by atoms with Gasteiger partial charge in [-0.15, -0.1) is 0 Å². The normalized spacial score (nSPS) is 10.8. The Bertz CT molecular complexity index is 1390. The molecule has 0 N–H and O–H groups in total. The fourth-order valence-corrected chi connectivity index (χ4v) is 4.14. The molecular weight excluding hydrogens is 532 g/mol. The average Bonchev–Trinajstić information content (AvgIpc) is 2.90. The van der Waals surface area contributed by atoms with Crippen molar-refractivity contribution in [1.29, 1.82) is 0 Å². The molecule has 0 bridgehead atoms. The summed E-state index contributed by atoms with van der Waals surface area (Å²) >= 11 is 0. The number of rotatable bonds is 12. The fraction of sp³-hybridized carbons (Fsp3) is 0.441. The molecule has 0 spiro atoms. The Morgan fingerprint density at radius 1 is 0.833 bits per heavy atom. The van der Waals surface area contributed by atoms with Gasteiger partial charge in [0.1, 0.15) is 5.60 Å². The number of benzene rings is 2. The van der Waals surface area contributed by atoms with Gasteiger partial charge in [0.15, 0.2) is 5.78 Å². The predicted molar refractivity (Wildman–Crippen MR) is 164 cm³/mol. The molecule has 226 valence electrons. The van der Waals surface area contributed by atoms with E-state index < -0.39 is 5.60 Å². The number of esters is 2. The summed E-state index contributed by atoms with van der Waals surface area (Å²) in [6.45, 7) is 12.0. The lowest BCUT2D eigenvalue weighted by atomic mass is 10.0. The number of carbonyl (C=O) groups is 3. The van der Waals surface area contributed by atoms with Gasteiger partial charge in [-0.05, 0) is 77.6 Å². The van der Waals surface area contributed by atoms with E-state index in [9.17, 15) is 19.2 Å². The number of carbonyl (C=O) groups excluding carboxylic acids is 3. The van der Waals surface area contributed by atoms with Crippen molar-refractivity contribution in [2.45, 2.75) is 92.2 Å². The molecule has 8 heteroatoms. The van der Waals surface area contributed by atoms with E-state index in [4.69, 9.17) is 9.47 Å². The molecule has 3 rings (SSSR count). The summed E-state index contributed by atoms with van der Waals surface area (Å²) in [4.78, 5) is 46.8. The summed E-state index contributed by atoms with van der Waals surface area (Å²) in [5.74, 6) is -0.232. The van der Waals surface area contributed by atoms with Gasteiger partial charge in [0.25, 0.3) is 5.56 Å². The van der Waals surface area contributed by atoms with E-state index in [1.165, 1.54) is 10.7 Å². The van der Waals surface area contributed by atoms with Crippen LogP contribution in [0, 0.1) is 13.8 Å². The third-order valence-electron chi connectivity index (χ3n) is 6.02. The summed E-state index contributed by atoms with van der Waals surface area (Å²) in [5, 5.41) is 4.20. The van der Waals surface area contributed by atoms with Gasteiger partial charge in [-0.3, -0.25) is 19.2 Å². The third kappa shape index (κ3) is 13.5. The molecule has 0 aliphatic rings. The highest BCUT2D eigenvalue weighted by Crippen LogP contribution is 2.13. The van der Waals surface area contributed by atoms with E-state index in [2.05, 4.69) is 5.10 Å². The van der Waals surface area contributed by atoms with Crippen LogP contribution in [0.4, 0.5) is 0 Å². The van der Waals surface area contributed by atoms with Crippen LogP contribution in [0.1, 0.15) is 92.5 Å². The van der Waals surface area contributed by atoms with Crippen LogP contribution >= 0.6 is 0 Å². The molecule has 0 aliphatic heterocycles. The number of nitrogens with zero attached hydrogens (tertiary/aromatic N) is 2. The van der Waals surface area contributed by atoms with Gasteiger partial charge in [-0.1, -0.05) is 54.4 Å². The van der Waals surface area contributed by atoms with Crippen LogP contribution in [0.25, 0.3) is 0 Å². The fourth-order valence-electron chi connectivity index (χ4n) is 4.14. The van der Waals surface area contributed by atoms with Crippen LogP contribution in [0.2, 0.25) is 0 Å². The van der Waals surface area contributed by atoms with Gasteiger partial charge in [-0.2, -0.15) is 5.10 Å². The van der Waals surface area contributed by atoms with E-state index in [1.807, 2.05) is 83.1 Å². The molecule has 8 nitrogen and oxygen atoms in total. The molecule has 0 atom stereocenters. The molecule has 42 heavy (non-hydrogen) atoms. The Balaban J connectivity index is 0.000000293. The summed E-state index contributed by atoms with van der Waals surface area (Å²) < 4.78 is 11.6. The average molecular weight is 577 g/mol. The standard InChI is InChI=1S/C18H26O3.C16H18N2O3/c1-14-9-8-10-15(13-14)16(19)11-6-5-7-12-17(20)21-18(2,3)4;1-3-21-16(20)10-13-5-4-6-14(9-13)11-18-15(19)8-7-12(2)17-18/h8-10,13H,5-7,11-12H2,1-4H3;4-9H,3,10-11H2,1-2H3. The Morgan fingerprint density at radius 2 is 1.52 bits per heavy atom. The number of hydrogen-bond acceptors (Lipinski definition) is 7. The number of aryl methyl sites for hydroxylation is 2. The topological polar surface area (TPSA) is 105 Å². The van der Waals surface area contributed by atoms with E-state index in [-0.39, 0.29) is 29.7 Å². The quantitative estimate of drug-likeness (QED) is 0.144. The first-order valence-electron chi connectivity index (χ1n) is 14.5. The number of hydrogen-bond donors (Lipinski definition) is 0. The molecule has 3 aromatic rings. The van der Waals surface area contributed by atoms with Crippen molar-refractivity contribution in [2.24, 2.45) is 0 Å². The van der Waals surface area contributed by atoms with Crippen LogP contribution in [0.3, 0.4) is 0 Å². The highest BCUT2D eigenvalue weighted by Gasteiger charge is 2.15. The first-order valence-corrected chi connectivity index (χ1v) is 14.5. The minimum atomic E-state index is -0.418. The maximum absolute atomic E-state index is 12.0. The molecule has 1 aromatic heterocycles. The Labute approximate surface area is 249 Å². The minimum absolute atomic E-state index is 0.142. The van der Waals surface area contributed by atoms with Gasteiger partial charge < -0.3 is 9.47 Å². The lowest BCUT2D eigenvalue weighted by Crippen LogP contribution is -2.23. The summed E-state index contributed by atoms with van der Waals surface area (Å²) in [6, 6.07) is 18.4. The molecule has 0 amide bonds. The Hall–Kier alpha value is -4.07. The second-order valence-electron chi connectivity index (χ2n) is 11.2. The Kier molecular flexibility index (Phi) is 13.8.